The number of carbonyl (C=O) groups excluding carboxylic acids is 1. The lowest BCUT2D eigenvalue weighted by molar-refractivity contribution is 0.0821. The van der Waals surface area contributed by atoms with Crippen molar-refractivity contribution in [1.82, 2.24) is 19.9 Å². The SMILES string of the molecule is CC(C)Nc1nccc2c1C(c1cc(C(=O)N(C)C)ncn1)=NC2. The fourth-order valence-corrected chi connectivity index (χ4v) is 2.57. The van der Waals surface area contributed by atoms with Gasteiger partial charge in [0.2, 0.25) is 0 Å². The van der Waals surface area contributed by atoms with E-state index in [0.29, 0.717) is 17.9 Å². The Bertz CT molecular complexity index is 812. The summed E-state index contributed by atoms with van der Waals surface area (Å²) in [4.78, 5) is 31.1. The second-order valence-corrected chi connectivity index (χ2v) is 6.15. The summed E-state index contributed by atoms with van der Waals surface area (Å²) in [6.07, 6.45) is 3.18. The average Bonchev–Trinajstić information content (AvgIpc) is 2.99. The van der Waals surface area contributed by atoms with Crippen LogP contribution in [0.25, 0.3) is 0 Å². The zero-order valence-corrected chi connectivity index (χ0v) is 14.2. The largest absolute Gasteiger partial charge is 0.367 e. The lowest BCUT2D eigenvalue weighted by atomic mass is 10.0. The number of aromatic nitrogens is 3. The van der Waals surface area contributed by atoms with Crippen LogP contribution < -0.4 is 5.32 Å². The highest BCUT2D eigenvalue weighted by Crippen LogP contribution is 2.28. The van der Waals surface area contributed by atoms with Crippen LogP contribution in [0, 0.1) is 0 Å². The zero-order valence-electron chi connectivity index (χ0n) is 14.2. The monoisotopic (exact) mass is 324 g/mol. The van der Waals surface area contributed by atoms with Crippen LogP contribution in [0.4, 0.5) is 5.82 Å². The normalized spacial score (nSPS) is 12.8. The van der Waals surface area contributed by atoms with Gasteiger partial charge in [-0.2, -0.15) is 0 Å². The van der Waals surface area contributed by atoms with E-state index in [4.69, 9.17) is 0 Å². The van der Waals surface area contributed by atoms with Crippen molar-refractivity contribution in [1.29, 1.82) is 0 Å². The molecule has 2 aromatic heterocycles. The van der Waals surface area contributed by atoms with Gasteiger partial charge >= 0.3 is 0 Å². The number of nitrogens with zero attached hydrogens (tertiary/aromatic N) is 5. The van der Waals surface area contributed by atoms with Crippen LogP contribution in [0.2, 0.25) is 0 Å². The van der Waals surface area contributed by atoms with E-state index in [1.807, 2.05) is 6.07 Å². The number of rotatable bonds is 4. The summed E-state index contributed by atoms with van der Waals surface area (Å²) < 4.78 is 0. The maximum absolute atomic E-state index is 12.1. The first-order chi connectivity index (χ1) is 11.5. The molecule has 0 unspecified atom stereocenters. The lowest BCUT2D eigenvalue weighted by Crippen LogP contribution is -2.23. The molecule has 0 aliphatic carbocycles. The predicted octanol–water partition coefficient (Wildman–Crippen LogP) is 1.74. The summed E-state index contributed by atoms with van der Waals surface area (Å²) in [5.74, 6) is 0.627. The standard InChI is InChI=1S/C17H20N6O/c1-10(2)22-16-14-11(5-6-18-16)8-19-15(14)12-7-13(21-9-20-12)17(24)23(3)4/h5-7,9-10H,8H2,1-4H3,(H,18,22). The number of hydrogen-bond donors (Lipinski definition) is 1. The summed E-state index contributed by atoms with van der Waals surface area (Å²) in [5.41, 5.74) is 3.78. The Balaban J connectivity index is 2.03. The van der Waals surface area contributed by atoms with Crippen molar-refractivity contribution >= 4 is 17.4 Å². The van der Waals surface area contributed by atoms with Gasteiger partial charge in [-0.05, 0) is 31.5 Å². The number of nitrogens with one attached hydrogen (secondary N) is 1. The van der Waals surface area contributed by atoms with E-state index in [9.17, 15) is 4.79 Å². The van der Waals surface area contributed by atoms with Crippen molar-refractivity contribution in [3.63, 3.8) is 0 Å². The van der Waals surface area contributed by atoms with Gasteiger partial charge < -0.3 is 10.2 Å². The molecular weight excluding hydrogens is 304 g/mol. The van der Waals surface area contributed by atoms with Gasteiger partial charge in [0.15, 0.2) is 0 Å². The maximum atomic E-state index is 12.1. The third kappa shape index (κ3) is 2.97. The Morgan fingerprint density at radius 1 is 1.25 bits per heavy atom. The van der Waals surface area contributed by atoms with Crippen LogP contribution in [0.3, 0.4) is 0 Å². The van der Waals surface area contributed by atoms with Gasteiger partial charge in [0.25, 0.3) is 5.91 Å². The topological polar surface area (TPSA) is 83.4 Å². The van der Waals surface area contributed by atoms with Gasteiger partial charge in [-0.15, -0.1) is 0 Å². The molecule has 2 aromatic rings. The zero-order chi connectivity index (χ0) is 17.3. The molecule has 3 heterocycles. The molecular formula is C17H20N6O. The summed E-state index contributed by atoms with van der Waals surface area (Å²) in [7, 11) is 3.39. The Labute approximate surface area is 140 Å². The minimum atomic E-state index is -0.163. The summed E-state index contributed by atoms with van der Waals surface area (Å²) in [6.45, 7) is 4.71. The number of pyridine rings is 1. The van der Waals surface area contributed by atoms with E-state index in [1.165, 1.54) is 11.2 Å². The highest BCUT2D eigenvalue weighted by Gasteiger charge is 2.24. The van der Waals surface area contributed by atoms with E-state index in [0.717, 1.165) is 22.7 Å². The second kappa shape index (κ2) is 6.35. The molecule has 7 nitrogen and oxygen atoms in total. The quantitative estimate of drug-likeness (QED) is 0.926. The molecule has 0 atom stereocenters. The van der Waals surface area contributed by atoms with Crippen LogP contribution in [0.1, 0.15) is 41.2 Å². The Morgan fingerprint density at radius 3 is 2.75 bits per heavy atom. The smallest absolute Gasteiger partial charge is 0.272 e. The number of hydrogen-bond acceptors (Lipinski definition) is 6. The molecule has 0 saturated carbocycles. The fraction of sp³-hybridized carbons (Fsp3) is 0.353. The number of anilines is 1. The molecule has 0 saturated heterocycles. The minimum absolute atomic E-state index is 0.163. The van der Waals surface area contributed by atoms with E-state index in [1.54, 1.807) is 26.4 Å². The summed E-state index contributed by atoms with van der Waals surface area (Å²) in [6, 6.07) is 3.90. The Hall–Kier alpha value is -2.83. The third-order valence-electron chi connectivity index (χ3n) is 3.64. The second-order valence-electron chi connectivity index (χ2n) is 6.15. The molecule has 3 rings (SSSR count). The van der Waals surface area contributed by atoms with E-state index >= 15 is 0 Å². The molecule has 24 heavy (non-hydrogen) atoms. The lowest BCUT2D eigenvalue weighted by Gasteiger charge is -2.14. The molecule has 0 spiro atoms. The molecule has 0 radical (unpaired) electrons. The highest BCUT2D eigenvalue weighted by atomic mass is 16.2. The molecule has 1 aliphatic heterocycles. The van der Waals surface area contributed by atoms with Crippen molar-refractivity contribution in [3.05, 3.63) is 47.2 Å². The van der Waals surface area contributed by atoms with Crippen molar-refractivity contribution in [2.24, 2.45) is 4.99 Å². The molecule has 1 aliphatic rings. The van der Waals surface area contributed by atoms with Gasteiger partial charge in [-0.25, -0.2) is 15.0 Å². The van der Waals surface area contributed by atoms with E-state index in [2.05, 4.69) is 39.1 Å². The molecule has 1 amide bonds. The number of fused-ring (bicyclic) bond motifs is 1. The van der Waals surface area contributed by atoms with Gasteiger partial charge in [0.1, 0.15) is 17.8 Å². The molecule has 0 bridgehead atoms. The van der Waals surface area contributed by atoms with Crippen LogP contribution in [-0.2, 0) is 6.54 Å². The van der Waals surface area contributed by atoms with Crippen molar-refractivity contribution < 1.29 is 4.79 Å². The third-order valence-corrected chi connectivity index (χ3v) is 3.64. The Kier molecular flexibility index (Phi) is 4.24. The number of carbonyl (C=O) groups is 1. The fourth-order valence-electron chi connectivity index (χ4n) is 2.57. The van der Waals surface area contributed by atoms with Crippen molar-refractivity contribution in [2.75, 3.05) is 19.4 Å². The average molecular weight is 324 g/mol. The predicted molar refractivity (Wildman–Crippen MR) is 92.4 cm³/mol. The number of aliphatic imine (C=N–C) groups is 1. The molecule has 1 N–H and O–H groups in total. The Morgan fingerprint density at radius 2 is 2.04 bits per heavy atom. The van der Waals surface area contributed by atoms with Crippen LogP contribution in [0.15, 0.2) is 29.6 Å². The maximum Gasteiger partial charge on any atom is 0.272 e. The van der Waals surface area contributed by atoms with Crippen LogP contribution in [-0.4, -0.2) is 51.6 Å². The van der Waals surface area contributed by atoms with Crippen LogP contribution >= 0.6 is 0 Å². The van der Waals surface area contributed by atoms with Gasteiger partial charge in [0.05, 0.1) is 18.0 Å². The molecule has 7 heteroatoms. The molecule has 0 fully saturated rings. The van der Waals surface area contributed by atoms with Gasteiger partial charge in [0, 0.05) is 31.9 Å². The van der Waals surface area contributed by atoms with E-state index in [-0.39, 0.29) is 11.9 Å². The number of amides is 1. The van der Waals surface area contributed by atoms with Crippen LogP contribution in [0.5, 0.6) is 0 Å². The summed E-state index contributed by atoms with van der Waals surface area (Å²) in [5, 5.41) is 3.35. The first-order valence-electron chi connectivity index (χ1n) is 7.80. The highest BCUT2D eigenvalue weighted by molar-refractivity contribution is 6.17. The van der Waals surface area contributed by atoms with Gasteiger partial charge in [-0.3, -0.25) is 9.79 Å². The van der Waals surface area contributed by atoms with E-state index < -0.39 is 0 Å². The van der Waals surface area contributed by atoms with Gasteiger partial charge in [-0.1, -0.05) is 0 Å². The molecule has 124 valence electrons. The minimum Gasteiger partial charge on any atom is -0.367 e. The van der Waals surface area contributed by atoms with Crippen molar-refractivity contribution in [3.8, 4) is 0 Å². The molecule has 0 aromatic carbocycles. The first-order valence-corrected chi connectivity index (χ1v) is 7.80. The summed E-state index contributed by atoms with van der Waals surface area (Å²) >= 11 is 0. The first kappa shape index (κ1) is 16.0. The van der Waals surface area contributed by atoms with Crippen molar-refractivity contribution in [2.45, 2.75) is 26.4 Å².